The van der Waals surface area contributed by atoms with E-state index in [0.717, 1.165) is 25.9 Å². The van der Waals surface area contributed by atoms with E-state index in [1.807, 2.05) is 0 Å². The molecule has 0 aromatic rings. The highest BCUT2D eigenvalue weighted by molar-refractivity contribution is 5.85. The molecule has 2 aliphatic rings. The van der Waals surface area contributed by atoms with Crippen LogP contribution in [0.5, 0.6) is 0 Å². The van der Waals surface area contributed by atoms with Gasteiger partial charge in [-0.1, -0.05) is 33.6 Å². The monoisotopic (exact) mass is 302 g/mol. The van der Waals surface area contributed by atoms with Crippen LogP contribution in [0.4, 0.5) is 0 Å². The van der Waals surface area contributed by atoms with Crippen molar-refractivity contribution in [1.29, 1.82) is 0 Å². The molecule has 3 nitrogen and oxygen atoms in total. The van der Waals surface area contributed by atoms with E-state index in [1.54, 1.807) is 0 Å². The molecule has 1 heterocycles. The van der Waals surface area contributed by atoms with Crippen LogP contribution in [-0.4, -0.2) is 25.0 Å². The summed E-state index contributed by atoms with van der Waals surface area (Å²) in [6, 6.07) is 0.399. The second kappa shape index (κ2) is 7.65. The first-order valence-electron chi connectivity index (χ1n) is 7.99. The molecule has 1 saturated carbocycles. The maximum atomic E-state index is 12.4. The van der Waals surface area contributed by atoms with Gasteiger partial charge in [0.15, 0.2) is 0 Å². The van der Waals surface area contributed by atoms with Crippen LogP contribution in [0.1, 0.15) is 59.3 Å². The molecule has 2 N–H and O–H groups in total. The van der Waals surface area contributed by atoms with Crippen LogP contribution in [0.2, 0.25) is 0 Å². The van der Waals surface area contributed by atoms with Crippen molar-refractivity contribution in [2.24, 2.45) is 17.3 Å². The fraction of sp³-hybridized carbons (Fsp3) is 0.938. The van der Waals surface area contributed by atoms with Crippen molar-refractivity contribution in [3.63, 3.8) is 0 Å². The molecular weight excluding hydrogens is 272 g/mol. The molecule has 4 heteroatoms. The lowest BCUT2D eigenvalue weighted by Gasteiger charge is -2.41. The first-order chi connectivity index (χ1) is 8.98. The molecule has 0 aromatic heterocycles. The minimum atomic E-state index is 0. The Labute approximate surface area is 130 Å². The highest BCUT2D eigenvalue weighted by Gasteiger charge is 2.35. The second-order valence-corrected chi connectivity index (χ2v) is 7.40. The van der Waals surface area contributed by atoms with Gasteiger partial charge in [0.1, 0.15) is 0 Å². The molecule has 118 valence electrons. The predicted molar refractivity (Wildman–Crippen MR) is 86.2 cm³/mol. The van der Waals surface area contributed by atoms with Gasteiger partial charge in [0, 0.05) is 12.0 Å². The first-order valence-corrected chi connectivity index (χ1v) is 7.99. The summed E-state index contributed by atoms with van der Waals surface area (Å²) in [6.07, 6.45) is 7.02. The normalized spacial score (nSPS) is 28.6. The van der Waals surface area contributed by atoms with Crippen LogP contribution >= 0.6 is 12.4 Å². The number of rotatable bonds is 2. The van der Waals surface area contributed by atoms with E-state index in [0.29, 0.717) is 23.3 Å². The maximum Gasteiger partial charge on any atom is 0.223 e. The summed E-state index contributed by atoms with van der Waals surface area (Å²) in [5.74, 6) is 1.18. The molecule has 2 rings (SSSR count). The lowest BCUT2D eigenvalue weighted by molar-refractivity contribution is -0.127. The third-order valence-corrected chi connectivity index (χ3v) is 4.92. The van der Waals surface area contributed by atoms with Gasteiger partial charge in [-0.2, -0.15) is 0 Å². The van der Waals surface area contributed by atoms with Gasteiger partial charge in [-0.3, -0.25) is 4.79 Å². The largest absolute Gasteiger partial charge is 0.353 e. The Hall–Kier alpha value is -0.280. The molecule has 0 bridgehead atoms. The zero-order valence-electron chi connectivity index (χ0n) is 13.2. The Bertz CT molecular complexity index is 308. The average molecular weight is 303 g/mol. The Morgan fingerprint density at radius 1 is 1.05 bits per heavy atom. The number of piperidine rings is 1. The molecule has 1 aliphatic carbocycles. The minimum Gasteiger partial charge on any atom is -0.353 e. The van der Waals surface area contributed by atoms with Gasteiger partial charge in [-0.15, -0.1) is 12.4 Å². The molecule has 1 aliphatic heterocycles. The number of carbonyl (C=O) groups is 1. The number of carbonyl (C=O) groups excluding carboxylic acids is 1. The molecule has 1 saturated heterocycles. The second-order valence-electron chi connectivity index (χ2n) is 7.40. The van der Waals surface area contributed by atoms with Gasteiger partial charge in [0.2, 0.25) is 5.91 Å². The van der Waals surface area contributed by atoms with Crippen LogP contribution in [0.25, 0.3) is 0 Å². The summed E-state index contributed by atoms with van der Waals surface area (Å²) >= 11 is 0. The van der Waals surface area contributed by atoms with E-state index in [-0.39, 0.29) is 18.3 Å². The SMILES string of the molecule is CC(C)(C)C1CCCCC1NC(=O)C1CCNCC1.Cl. The molecule has 2 unspecified atom stereocenters. The maximum absolute atomic E-state index is 12.4. The topological polar surface area (TPSA) is 41.1 Å². The number of amides is 1. The van der Waals surface area contributed by atoms with Crippen molar-refractivity contribution in [3.05, 3.63) is 0 Å². The number of halogens is 1. The van der Waals surface area contributed by atoms with E-state index in [1.165, 1.54) is 25.7 Å². The van der Waals surface area contributed by atoms with Crippen LogP contribution in [0.3, 0.4) is 0 Å². The van der Waals surface area contributed by atoms with E-state index < -0.39 is 0 Å². The molecule has 0 radical (unpaired) electrons. The Morgan fingerprint density at radius 3 is 2.25 bits per heavy atom. The zero-order chi connectivity index (χ0) is 13.9. The minimum absolute atomic E-state index is 0. The summed E-state index contributed by atoms with van der Waals surface area (Å²) in [6.45, 7) is 8.92. The molecule has 0 spiro atoms. The standard InChI is InChI=1S/C16H30N2O.ClH/c1-16(2,3)13-6-4-5-7-14(13)18-15(19)12-8-10-17-11-9-12;/h12-14,17H,4-11H2,1-3H3,(H,18,19);1H. The molecule has 2 atom stereocenters. The van der Waals surface area contributed by atoms with E-state index in [2.05, 4.69) is 31.4 Å². The van der Waals surface area contributed by atoms with Crippen LogP contribution in [-0.2, 0) is 4.79 Å². The summed E-state index contributed by atoms with van der Waals surface area (Å²) in [7, 11) is 0. The van der Waals surface area contributed by atoms with Crippen molar-refractivity contribution in [1.82, 2.24) is 10.6 Å². The summed E-state index contributed by atoms with van der Waals surface area (Å²) in [5, 5.41) is 6.70. The number of nitrogens with one attached hydrogen (secondary N) is 2. The molecule has 0 aromatic carbocycles. The molecule has 1 amide bonds. The number of hydrogen-bond donors (Lipinski definition) is 2. The highest BCUT2D eigenvalue weighted by Crippen LogP contribution is 2.38. The van der Waals surface area contributed by atoms with Gasteiger partial charge >= 0.3 is 0 Å². The molecule has 20 heavy (non-hydrogen) atoms. The Morgan fingerprint density at radius 2 is 1.65 bits per heavy atom. The summed E-state index contributed by atoms with van der Waals surface area (Å²) in [5.41, 5.74) is 0.298. The Balaban J connectivity index is 0.00000200. The van der Waals surface area contributed by atoms with E-state index >= 15 is 0 Å². The van der Waals surface area contributed by atoms with Crippen molar-refractivity contribution < 1.29 is 4.79 Å². The van der Waals surface area contributed by atoms with Crippen LogP contribution in [0, 0.1) is 17.3 Å². The number of hydrogen-bond acceptors (Lipinski definition) is 2. The van der Waals surface area contributed by atoms with Crippen molar-refractivity contribution in [3.8, 4) is 0 Å². The van der Waals surface area contributed by atoms with Gasteiger partial charge in [-0.25, -0.2) is 0 Å². The Kier molecular flexibility index (Phi) is 6.80. The summed E-state index contributed by atoms with van der Waals surface area (Å²) in [4.78, 5) is 12.4. The first kappa shape index (κ1) is 17.8. The fourth-order valence-corrected chi connectivity index (χ4v) is 3.72. The highest BCUT2D eigenvalue weighted by atomic mass is 35.5. The van der Waals surface area contributed by atoms with Crippen LogP contribution < -0.4 is 10.6 Å². The third kappa shape index (κ3) is 4.63. The van der Waals surface area contributed by atoms with Crippen molar-refractivity contribution in [2.45, 2.75) is 65.3 Å². The van der Waals surface area contributed by atoms with Crippen molar-refractivity contribution in [2.75, 3.05) is 13.1 Å². The van der Waals surface area contributed by atoms with Gasteiger partial charge in [-0.05, 0) is 50.1 Å². The average Bonchev–Trinajstić information content (AvgIpc) is 2.39. The predicted octanol–water partition coefficient (Wildman–Crippen LogP) is 3.13. The van der Waals surface area contributed by atoms with Crippen molar-refractivity contribution >= 4 is 18.3 Å². The quantitative estimate of drug-likeness (QED) is 0.823. The zero-order valence-corrected chi connectivity index (χ0v) is 14.0. The van der Waals surface area contributed by atoms with E-state index in [4.69, 9.17) is 0 Å². The fourth-order valence-electron chi connectivity index (χ4n) is 3.72. The van der Waals surface area contributed by atoms with Gasteiger partial charge in [0.05, 0.1) is 0 Å². The lowest BCUT2D eigenvalue weighted by Crippen LogP contribution is -2.49. The smallest absolute Gasteiger partial charge is 0.223 e. The molecular formula is C16H31ClN2O. The van der Waals surface area contributed by atoms with Gasteiger partial charge in [0.25, 0.3) is 0 Å². The summed E-state index contributed by atoms with van der Waals surface area (Å²) < 4.78 is 0. The third-order valence-electron chi connectivity index (χ3n) is 4.92. The van der Waals surface area contributed by atoms with Crippen LogP contribution in [0.15, 0.2) is 0 Å². The lowest BCUT2D eigenvalue weighted by atomic mass is 9.69. The van der Waals surface area contributed by atoms with Gasteiger partial charge < -0.3 is 10.6 Å². The van der Waals surface area contributed by atoms with E-state index in [9.17, 15) is 4.79 Å². The molecule has 2 fully saturated rings.